The van der Waals surface area contributed by atoms with Gasteiger partial charge in [-0.15, -0.1) is 0 Å². The second-order valence-electron chi connectivity index (χ2n) is 4.59. The minimum absolute atomic E-state index is 0.0107. The first-order valence-corrected chi connectivity index (χ1v) is 6.15. The number of nitro benzene ring substituents is 1. The number of hydrogen-bond acceptors (Lipinski definition) is 4. The van der Waals surface area contributed by atoms with Gasteiger partial charge in [-0.05, 0) is 27.2 Å². The average molecular weight is 252 g/mol. The standard InChI is InChI=1S/C13H20N2O3/c1-5-10(4)14-11-6-12(15(16)17)8-13(7-11)18-9(2)3/h6-10,14H,5H2,1-4H3. The summed E-state index contributed by atoms with van der Waals surface area (Å²) >= 11 is 0. The maximum atomic E-state index is 10.9. The largest absolute Gasteiger partial charge is 0.491 e. The molecular weight excluding hydrogens is 232 g/mol. The van der Waals surface area contributed by atoms with E-state index in [1.165, 1.54) is 12.1 Å². The molecule has 0 saturated heterocycles. The monoisotopic (exact) mass is 252 g/mol. The Morgan fingerprint density at radius 2 is 2.00 bits per heavy atom. The third-order valence-electron chi connectivity index (χ3n) is 2.50. The topological polar surface area (TPSA) is 64.4 Å². The van der Waals surface area contributed by atoms with Crippen molar-refractivity contribution >= 4 is 11.4 Å². The molecule has 5 nitrogen and oxygen atoms in total. The van der Waals surface area contributed by atoms with Crippen LogP contribution in [0.1, 0.15) is 34.1 Å². The normalized spacial score (nSPS) is 12.3. The molecule has 0 heterocycles. The lowest BCUT2D eigenvalue weighted by Gasteiger charge is -2.15. The van der Waals surface area contributed by atoms with E-state index in [0.29, 0.717) is 11.4 Å². The molecular formula is C13H20N2O3. The highest BCUT2D eigenvalue weighted by Crippen LogP contribution is 2.27. The SMILES string of the molecule is CCC(C)Nc1cc(OC(C)C)cc([N+](=O)[O-])c1. The molecule has 1 unspecified atom stereocenters. The Bertz CT molecular complexity index is 419. The third kappa shape index (κ3) is 4.24. The van der Waals surface area contributed by atoms with Crippen molar-refractivity contribution in [3.8, 4) is 5.75 Å². The molecule has 0 radical (unpaired) electrons. The number of ether oxygens (including phenoxy) is 1. The molecule has 0 saturated carbocycles. The Morgan fingerprint density at radius 1 is 1.33 bits per heavy atom. The summed E-state index contributed by atoms with van der Waals surface area (Å²) in [4.78, 5) is 10.5. The molecule has 100 valence electrons. The van der Waals surface area contributed by atoms with E-state index in [2.05, 4.69) is 12.2 Å². The van der Waals surface area contributed by atoms with Crippen molar-refractivity contribution < 1.29 is 9.66 Å². The predicted molar refractivity (Wildman–Crippen MR) is 72.2 cm³/mol. The minimum atomic E-state index is -0.408. The van der Waals surface area contributed by atoms with E-state index in [1.54, 1.807) is 6.07 Å². The molecule has 1 aromatic rings. The molecule has 1 atom stereocenters. The summed E-state index contributed by atoms with van der Waals surface area (Å²) < 4.78 is 5.52. The van der Waals surface area contributed by atoms with E-state index in [1.807, 2.05) is 20.8 Å². The number of nitrogens with one attached hydrogen (secondary N) is 1. The van der Waals surface area contributed by atoms with Gasteiger partial charge in [-0.2, -0.15) is 0 Å². The van der Waals surface area contributed by atoms with Crippen LogP contribution in [0.3, 0.4) is 0 Å². The van der Waals surface area contributed by atoms with Gasteiger partial charge < -0.3 is 10.1 Å². The maximum Gasteiger partial charge on any atom is 0.275 e. The highest BCUT2D eigenvalue weighted by Gasteiger charge is 2.12. The second kappa shape index (κ2) is 6.23. The van der Waals surface area contributed by atoms with Crippen LogP contribution in [0.2, 0.25) is 0 Å². The molecule has 0 spiro atoms. The van der Waals surface area contributed by atoms with Gasteiger partial charge in [0, 0.05) is 23.9 Å². The van der Waals surface area contributed by atoms with Gasteiger partial charge in [0.25, 0.3) is 5.69 Å². The van der Waals surface area contributed by atoms with E-state index in [4.69, 9.17) is 4.74 Å². The lowest BCUT2D eigenvalue weighted by atomic mass is 10.2. The summed E-state index contributed by atoms with van der Waals surface area (Å²) in [6.07, 6.45) is 0.937. The molecule has 1 N–H and O–H groups in total. The number of rotatable bonds is 6. The van der Waals surface area contributed by atoms with Crippen LogP contribution in [0.4, 0.5) is 11.4 Å². The number of non-ortho nitro benzene ring substituents is 1. The van der Waals surface area contributed by atoms with Crippen LogP contribution in [0.15, 0.2) is 18.2 Å². The first-order chi connectivity index (χ1) is 8.42. The molecule has 1 aromatic carbocycles. The second-order valence-corrected chi connectivity index (χ2v) is 4.59. The summed E-state index contributed by atoms with van der Waals surface area (Å²) in [5.74, 6) is 0.519. The first-order valence-electron chi connectivity index (χ1n) is 6.15. The Labute approximate surface area is 107 Å². The van der Waals surface area contributed by atoms with Crippen LogP contribution >= 0.6 is 0 Å². The van der Waals surface area contributed by atoms with Gasteiger partial charge in [0.2, 0.25) is 0 Å². The number of benzene rings is 1. The van der Waals surface area contributed by atoms with Gasteiger partial charge in [0.15, 0.2) is 0 Å². The minimum Gasteiger partial charge on any atom is -0.491 e. The zero-order chi connectivity index (χ0) is 13.7. The number of nitrogens with zero attached hydrogens (tertiary/aromatic N) is 1. The van der Waals surface area contributed by atoms with Gasteiger partial charge in [0.1, 0.15) is 5.75 Å². The quantitative estimate of drug-likeness (QED) is 0.620. The fraction of sp³-hybridized carbons (Fsp3) is 0.538. The lowest BCUT2D eigenvalue weighted by molar-refractivity contribution is -0.384. The van der Waals surface area contributed by atoms with E-state index >= 15 is 0 Å². The predicted octanol–water partition coefficient (Wildman–Crippen LogP) is 3.59. The van der Waals surface area contributed by atoms with Gasteiger partial charge in [-0.3, -0.25) is 10.1 Å². The van der Waals surface area contributed by atoms with Gasteiger partial charge >= 0.3 is 0 Å². The van der Waals surface area contributed by atoms with E-state index in [0.717, 1.165) is 6.42 Å². The van der Waals surface area contributed by atoms with Crippen LogP contribution in [-0.2, 0) is 0 Å². The zero-order valence-corrected chi connectivity index (χ0v) is 11.3. The highest BCUT2D eigenvalue weighted by atomic mass is 16.6. The summed E-state index contributed by atoms with van der Waals surface area (Å²) in [6.45, 7) is 7.86. The summed E-state index contributed by atoms with van der Waals surface area (Å²) in [5.41, 5.74) is 0.758. The summed E-state index contributed by atoms with van der Waals surface area (Å²) in [7, 11) is 0. The van der Waals surface area contributed by atoms with Crippen molar-refractivity contribution in [3.63, 3.8) is 0 Å². The van der Waals surface area contributed by atoms with Crippen LogP contribution in [0.25, 0.3) is 0 Å². The molecule has 0 aromatic heterocycles. The number of nitro groups is 1. The summed E-state index contributed by atoms with van der Waals surface area (Å²) in [6, 6.07) is 5.03. The van der Waals surface area contributed by atoms with Crippen molar-refractivity contribution in [3.05, 3.63) is 28.3 Å². The molecule has 1 rings (SSSR count). The highest BCUT2D eigenvalue weighted by molar-refractivity contribution is 5.56. The Morgan fingerprint density at radius 3 is 2.50 bits per heavy atom. The zero-order valence-electron chi connectivity index (χ0n) is 11.3. The smallest absolute Gasteiger partial charge is 0.275 e. The van der Waals surface area contributed by atoms with E-state index < -0.39 is 4.92 Å². The van der Waals surface area contributed by atoms with Crippen molar-refractivity contribution in [1.82, 2.24) is 0 Å². The maximum absolute atomic E-state index is 10.9. The Kier molecular flexibility index (Phi) is 4.95. The van der Waals surface area contributed by atoms with Crippen molar-refractivity contribution in [2.45, 2.75) is 46.3 Å². The number of anilines is 1. The average Bonchev–Trinajstić information content (AvgIpc) is 2.27. The van der Waals surface area contributed by atoms with Crippen LogP contribution in [0, 0.1) is 10.1 Å². The van der Waals surface area contributed by atoms with E-state index in [9.17, 15) is 10.1 Å². The lowest BCUT2D eigenvalue weighted by Crippen LogP contribution is -2.14. The Balaban J connectivity index is 3.01. The van der Waals surface area contributed by atoms with E-state index in [-0.39, 0.29) is 17.8 Å². The first kappa shape index (κ1) is 14.3. The van der Waals surface area contributed by atoms with Crippen LogP contribution in [0.5, 0.6) is 5.75 Å². The molecule has 5 heteroatoms. The van der Waals surface area contributed by atoms with Crippen molar-refractivity contribution in [1.29, 1.82) is 0 Å². The fourth-order valence-electron chi connectivity index (χ4n) is 1.50. The van der Waals surface area contributed by atoms with Crippen molar-refractivity contribution in [2.24, 2.45) is 0 Å². The molecule has 0 aliphatic rings. The van der Waals surface area contributed by atoms with Gasteiger partial charge in [-0.1, -0.05) is 6.92 Å². The molecule has 0 aliphatic carbocycles. The molecule has 0 fully saturated rings. The number of hydrogen-bond donors (Lipinski definition) is 1. The van der Waals surface area contributed by atoms with Crippen molar-refractivity contribution in [2.75, 3.05) is 5.32 Å². The molecule has 0 aliphatic heterocycles. The van der Waals surface area contributed by atoms with Gasteiger partial charge in [0.05, 0.1) is 17.1 Å². The summed E-state index contributed by atoms with van der Waals surface area (Å²) in [5, 5.41) is 14.1. The fourth-order valence-corrected chi connectivity index (χ4v) is 1.50. The molecule has 0 bridgehead atoms. The third-order valence-corrected chi connectivity index (χ3v) is 2.50. The van der Waals surface area contributed by atoms with Crippen LogP contribution in [-0.4, -0.2) is 17.1 Å². The Hall–Kier alpha value is -1.78. The van der Waals surface area contributed by atoms with Crippen LogP contribution < -0.4 is 10.1 Å². The molecule has 0 amide bonds. The van der Waals surface area contributed by atoms with Gasteiger partial charge in [-0.25, -0.2) is 0 Å². The molecule has 18 heavy (non-hydrogen) atoms.